The fourth-order valence-corrected chi connectivity index (χ4v) is 2.59. The minimum absolute atomic E-state index is 0.280. The standard InChI is InChI=1S/C16H25NO2/c1-3-10-17-16(15-9-6-11-19-15)13-7-5-8-14(12-13)18-4-2/h5,7-8,12,15-17H,3-4,6,9-11H2,1-2H3. The molecule has 2 rings (SSSR count). The summed E-state index contributed by atoms with van der Waals surface area (Å²) in [6.45, 7) is 6.82. The van der Waals surface area contributed by atoms with Gasteiger partial charge in [-0.05, 0) is 50.4 Å². The summed E-state index contributed by atoms with van der Waals surface area (Å²) < 4.78 is 11.5. The van der Waals surface area contributed by atoms with Crippen LogP contribution in [0, 0.1) is 0 Å². The summed E-state index contributed by atoms with van der Waals surface area (Å²) in [5.74, 6) is 0.946. The smallest absolute Gasteiger partial charge is 0.119 e. The highest BCUT2D eigenvalue weighted by Gasteiger charge is 2.26. The van der Waals surface area contributed by atoms with Crippen LogP contribution in [0.4, 0.5) is 0 Å². The van der Waals surface area contributed by atoms with Gasteiger partial charge in [-0.1, -0.05) is 19.1 Å². The molecule has 106 valence electrons. The van der Waals surface area contributed by atoms with Crippen molar-refractivity contribution in [2.24, 2.45) is 0 Å². The third-order valence-corrected chi connectivity index (χ3v) is 3.48. The molecule has 1 heterocycles. The first-order valence-corrected chi connectivity index (χ1v) is 7.43. The van der Waals surface area contributed by atoms with Crippen molar-refractivity contribution in [3.8, 4) is 5.75 Å². The van der Waals surface area contributed by atoms with Gasteiger partial charge in [0.15, 0.2) is 0 Å². The highest BCUT2D eigenvalue weighted by molar-refractivity contribution is 5.31. The molecule has 0 spiro atoms. The van der Waals surface area contributed by atoms with Gasteiger partial charge in [0.05, 0.1) is 18.8 Å². The van der Waals surface area contributed by atoms with Crippen molar-refractivity contribution in [3.05, 3.63) is 29.8 Å². The second-order valence-electron chi connectivity index (χ2n) is 4.99. The number of benzene rings is 1. The zero-order valence-corrected chi connectivity index (χ0v) is 12.0. The maximum atomic E-state index is 5.86. The molecule has 1 aliphatic rings. The molecule has 1 saturated heterocycles. The number of nitrogens with one attached hydrogen (secondary N) is 1. The molecular weight excluding hydrogens is 238 g/mol. The third kappa shape index (κ3) is 3.95. The molecule has 0 radical (unpaired) electrons. The van der Waals surface area contributed by atoms with Gasteiger partial charge in [0.2, 0.25) is 0 Å². The lowest BCUT2D eigenvalue weighted by atomic mass is 9.99. The van der Waals surface area contributed by atoms with Crippen molar-refractivity contribution in [2.45, 2.75) is 45.3 Å². The van der Waals surface area contributed by atoms with E-state index < -0.39 is 0 Å². The molecule has 0 saturated carbocycles. The van der Waals surface area contributed by atoms with Crippen molar-refractivity contribution < 1.29 is 9.47 Å². The topological polar surface area (TPSA) is 30.5 Å². The molecule has 1 aromatic carbocycles. The van der Waals surface area contributed by atoms with E-state index in [0.29, 0.717) is 12.7 Å². The van der Waals surface area contributed by atoms with Gasteiger partial charge in [-0.25, -0.2) is 0 Å². The van der Waals surface area contributed by atoms with E-state index in [4.69, 9.17) is 9.47 Å². The van der Waals surface area contributed by atoms with E-state index in [0.717, 1.165) is 31.7 Å². The van der Waals surface area contributed by atoms with Gasteiger partial charge >= 0.3 is 0 Å². The minimum atomic E-state index is 0.280. The van der Waals surface area contributed by atoms with Crippen molar-refractivity contribution >= 4 is 0 Å². The molecule has 1 fully saturated rings. The van der Waals surface area contributed by atoms with E-state index in [1.54, 1.807) is 0 Å². The Morgan fingerprint density at radius 2 is 2.32 bits per heavy atom. The van der Waals surface area contributed by atoms with Crippen LogP contribution in [-0.2, 0) is 4.74 Å². The van der Waals surface area contributed by atoms with Gasteiger partial charge in [0, 0.05) is 6.61 Å². The highest BCUT2D eigenvalue weighted by atomic mass is 16.5. The SMILES string of the molecule is CCCNC(c1cccc(OCC)c1)C1CCCO1. The minimum Gasteiger partial charge on any atom is -0.494 e. The summed E-state index contributed by atoms with van der Waals surface area (Å²) in [7, 11) is 0. The van der Waals surface area contributed by atoms with Crippen LogP contribution in [0.25, 0.3) is 0 Å². The van der Waals surface area contributed by atoms with E-state index in [2.05, 4.69) is 30.4 Å². The second kappa shape index (κ2) is 7.51. The Balaban J connectivity index is 2.13. The molecular formula is C16H25NO2. The zero-order valence-electron chi connectivity index (χ0n) is 12.0. The number of hydrogen-bond acceptors (Lipinski definition) is 3. The predicted octanol–water partition coefficient (Wildman–Crippen LogP) is 3.31. The largest absolute Gasteiger partial charge is 0.494 e. The summed E-state index contributed by atoms with van der Waals surface area (Å²) in [5, 5.41) is 3.62. The molecule has 0 bridgehead atoms. The molecule has 0 aliphatic carbocycles. The van der Waals surface area contributed by atoms with Crippen LogP contribution in [0.15, 0.2) is 24.3 Å². The average molecular weight is 263 g/mol. The van der Waals surface area contributed by atoms with E-state index in [1.165, 1.54) is 12.0 Å². The maximum Gasteiger partial charge on any atom is 0.119 e. The number of ether oxygens (including phenoxy) is 2. The number of hydrogen-bond donors (Lipinski definition) is 1. The summed E-state index contributed by atoms with van der Waals surface area (Å²) in [6, 6.07) is 8.66. The molecule has 2 atom stereocenters. The van der Waals surface area contributed by atoms with Crippen LogP contribution in [0.2, 0.25) is 0 Å². The maximum absolute atomic E-state index is 5.86. The predicted molar refractivity (Wildman–Crippen MR) is 77.6 cm³/mol. The van der Waals surface area contributed by atoms with E-state index in [1.807, 2.05) is 13.0 Å². The molecule has 3 nitrogen and oxygen atoms in total. The Hall–Kier alpha value is -1.06. The van der Waals surface area contributed by atoms with Crippen molar-refractivity contribution in [1.29, 1.82) is 0 Å². The fourth-order valence-electron chi connectivity index (χ4n) is 2.59. The number of rotatable bonds is 7. The summed E-state index contributed by atoms with van der Waals surface area (Å²) >= 11 is 0. The first kappa shape index (κ1) is 14.4. The normalized spacial score (nSPS) is 20.4. The van der Waals surface area contributed by atoms with Gasteiger partial charge in [0.1, 0.15) is 5.75 Å². The first-order valence-electron chi connectivity index (χ1n) is 7.43. The van der Waals surface area contributed by atoms with Crippen LogP contribution >= 0.6 is 0 Å². The Morgan fingerprint density at radius 1 is 1.42 bits per heavy atom. The Kier molecular flexibility index (Phi) is 5.67. The van der Waals surface area contributed by atoms with E-state index >= 15 is 0 Å². The molecule has 3 heteroatoms. The molecule has 1 aromatic rings. The van der Waals surface area contributed by atoms with Crippen LogP contribution in [0.5, 0.6) is 5.75 Å². The second-order valence-corrected chi connectivity index (χ2v) is 4.99. The fraction of sp³-hybridized carbons (Fsp3) is 0.625. The summed E-state index contributed by atoms with van der Waals surface area (Å²) in [5.41, 5.74) is 1.27. The van der Waals surface area contributed by atoms with Crippen LogP contribution in [-0.4, -0.2) is 25.9 Å². The summed E-state index contributed by atoms with van der Waals surface area (Å²) in [6.07, 6.45) is 3.73. The molecule has 19 heavy (non-hydrogen) atoms. The Bertz CT molecular complexity index is 375. The molecule has 1 N–H and O–H groups in total. The lowest BCUT2D eigenvalue weighted by Crippen LogP contribution is -2.32. The van der Waals surface area contributed by atoms with Crippen molar-refractivity contribution in [3.63, 3.8) is 0 Å². The van der Waals surface area contributed by atoms with Crippen molar-refractivity contribution in [1.82, 2.24) is 5.32 Å². The molecule has 0 aromatic heterocycles. The van der Waals surface area contributed by atoms with Gasteiger partial charge in [-0.3, -0.25) is 0 Å². The first-order chi connectivity index (χ1) is 9.35. The summed E-state index contributed by atoms with van der Waals surface area (Å²) in [4.78, 5) is 0. The van der Waals surface area contributed by atoms with E-state index in [9.17, 15) is 0 Å². The third-order valence-electron chi connectivity index (χ3n) is 3.48. The zero-order chi connectivity index (χ0) is 13.5. The molecule has 2 unspecified atom stereocenters. The van der Waals surface area contributed by atoms with Gasteiger partial charge in [0.25, 0.3) is 0 Å². The lowest BCUT2D eigenvalue weighted by Gasteiger charge is -2.25. The lowest BCUT2D eigenvalue weighted by molar-refractivity contribution is 0.0782. The van der Waals surface area contributed by atoms with Crippen molar-refractivity contribution in [2.75, 3.05) is 19.8 Å². The van der Waals surface area contributed by atoms with Crippen LogP contribution in [0.1, 0.15) is 44.7 Å². The highest BCUT2D eigenvalue weighted by Crippen LogP contribution is 2.28. The Labute approximate surface area is 116 Å². The van der Waals surface area contributed by atoms with Crippen LogP contribution in [0.3, 0.4) is 0 Å². The quantitative estimate of drug-likeness (QED) is 0.818. The van der Waals surface area contributed by atoms with Crippen LogP contribution < -0.4 is 10.1 Å². The van der Waals surface area contributed by atoms with Gasteiger partial charge in [-0.15, -0.1) is 0 Å². The van der Waals surface area contributed by atoms with Gasteiger partial charge in [-0.2, -0.15) is 0 Å². The molecule has 0 amide bonds. The van der Waals surface area contributed by atoms with E-state index in [-0.39, 0.29) is 6.04 Å². The molecule has 1 aliphatic heterocycles. The Morgan fingerprint density at radius 3 is 3.00 bits per heavy atom. The monoisotopic (exact) mass is 263 g/mol. The average Bonchev–Trinajstić information content (AvgIpc) is 2.94. The van der Waals surface area contributed by atoms with Gasteiger partial charge < -0.3 is 14.8 Å².